The van der Waals surface area contributed by atoms with Gasteiger partial charge in [0.15, 0.2) is 11.4 Å². The number of aromatic hydroxyl groups is 1. The van der Waals surface area contributed by atoms with Crippen molar-refractivity contribution in [3.8, 4) is 17.0 Å². The van der Waals surface area contributed by atoms with E-state index in [1.54, 1.807) is 30.5 Å². The molecule has 0 aliphatic heterocycles. The molecular formula is C15H10N2O2. The zero-order valence-corrected chi connectivity index (χ0v) is 9.95. The molecule has 4 nitrogen and oxygen atoms in total. The van der Waals surface area contributed by atoms with Gasteiger partial charge < -0.3 is 5.11 Å². The summed E-state index contributed by atoms with van der Waals surface area (Å²) in [5.74, 6) is -0.132. The third-order valence-corrected chi connectivity index (χ3v) is 3.03. The number of fused-ring (bicyclic) bond motifs is 1. The Kier molecular flexibility index (Phi) is 2.68. The van der Waals surface area contributed by atoms with Crippen LogP contribution < -0.4 is 0 Å². The van der Waals surface area contributed by atoms with Crippen LogP contribution in [-0.2, 0) is 0 Å². The van der Waals surface area contributed by atoms with Crippen molar-refractivity contribution in [3.05, 3.63) is 59.6 Å². The molecule has 1 N–H and O–H groups in total. The molecule has 0 saturated heterocycles. The number of benzene rings is 2. The van der Waals surface area contributed by atoms with Crippen LogP contribution in [0, 0.1) is 4.91 Å². The molecule has 0 aliphatic rings. The van der Waals surface area contributed by atoms with Crippen molar-refractivity contribution in [1.82, 2.24) is 4.98 Å². The number of hydrogen-bond acceptors (Lipinski definition) is 4. The first kappa shape index (κ1) is 11.3. The maximum Gasteiger partial charge on any atom is 0.158 e. The number of phenols is 1. The number of phenolic OH excluding ortho intramolecular Hbond substituents is 1. The van der Waals surface area contributed by atoms with Crippen LogP contribution in [0.2, 0.25) is 0 Å². The molecular weight excluding hydrogens is 240 g/mol. The molecule has 1 heterocycles. The number of hydrogen-bond donors (Lipinski definition) is 1. The first-order valence-corrected chi connectivity index (χ1v) is 5.80. The Hall–Kier alpha value is -2.75. The zero-order valence-electron chi connectivity index (χ0n) is 9.95. The number of pyridine rings is 1. The normalized spacial score (nSPS) is 10.5. The van der Waals surface area contributed by atoms with E-state index >= 15 is 0 Å². The van der Waals surface area contributed by atoms with E-state index in [4.69, 9.17) is 0 Å². The molecule has 3 aromatic rings. The standard InChI is InChI=1S/C15H10N2O2/c18-15-12(13-7-3-4-8-16-13)9-10-5-1-2-6-11(10)14(15)17-19/h1-9,18H. The summed E-state index contributed by atoms with van der Waals surface area (Å²) in [6.45, 7) is 0. The Morgan fingerprint density at radius 1 is 1.05 bits per heavy atom. The van der Waals surface area contributed by atoms with Gasteiger partial charge >= 0.3 is 0 Å². The predicted molar refractivity (Wildman–Crippen MR) is 74.3 cm³/mol. The average Bonchev–Trinajstić information content (AvgIpc) is 2.47. The molecule has 19 heavy (non-hydrogen) atoms. The Balaban J connectivity index is 2.38. The van der Waals surface area contributed by atoms with Gasteiger partial charge in [-0.25, -0.2) is 0 Å². The van der Waals surface area contributed by atoms with Crippen molar-refractivity contribution >= 4 is 16.5 Å². The maximum absolute atomic E-state index is 11.0. The summed E-state index contributed by atoms with van der Waals surface area (Å²) in [7, 11) is 0. The summed E-state index contributed by atoms with van der Waals surface area (Å²) in [6, 6.07) is 14.5. The van der Waals surface area contributed by atoms with E-state index in [9.17, 15) is 10.0 Å². The second-order valence-electron chi connectivity index (χ2n) is 4.15. The molecule has 4 heteroatoms. The summed E-state index contributed by atoms with van der Waals surface area (Å²) in [5, 5.41) is 14.6. The minimum Gasteiger partial charge on any atom is -0.505 e. The fourth-order valence-electron chi connectivity index (χ4n) is 2.13. The van der Waals surface area contributed by atoms with Gasteiger partial charge in [0.2, 0.25) is 0 Å². The molecule has 0 spiro atoms. The molecule has 1 aromatic heterocycles. The van der Waals surface area contributed by atoms with Gasteiger partial charge in [-0.1, -0.05) is 30.3 Å². The molecule has 0 unspecified atom stereocenters. The van der Waals surface area contributed by atoms with Crippen LogP contribution in [0.25, 0.3) is 22.0 Å². The van der Waals surface area contributed by atoms with Crippen LogP contribution in [0.1, 0.15) is 0 Å². The fraction of sp³-hybridized carbons (Fsp3) is 0. The molecule has 2 aromatic carbocycles. The minimum atomic E-state index is -0.132. The Morgan fingerprint density at radius 3 is 2.58 bits per heavy atom. The lowest BCUT2D eigenvalue weighted by Crippen LogP contribution is -1.85. The summed E-state index contributed by atoms with van der Waals surface area (Å²) in [5.41, 5.74) is 1.17. The SMILES string of the molecule is O=Nc1c(O)c(-c2ccccn2)cc2ccccc12. The highest BCUT2D eigenvalue weighted by atomic mass is 16.3. The number of aromatic nitrogens is 1. The van der Waals surface area contributed by atoms with Crippen LogP contribution >= 0.6 is 0 Å². The topological polar surface area (TPSA) is 62.5 Å². The van der Waals surface area contributed by atoms with Crippen molar-refractivity contribution in [2.75, 3.05) is 0 Å². The molecule has 3 rings (SSSR count). The van der Waals surface area contributed by atoms with E-state index < -0.39 is 0 Å². The largest absolute Gasteiger partial charge is 0.505 e. The van der Waals surface area contributed by atoms with E-state index in [0.29, 0.717) is 16.6 Å². The second-order valence-corrected chi connectivity index (χ2v) is 4.15. The summed E-state index contributed by atoms with van der Waals surface area (Å²) < 4.78 is 0. The fourth-order valence-corrected chi connectivity index (χ4v) is 2.13. The number of nitroso groups, excluding NO2 is 1. The minimum absolute atomic E-state index is 0.0544. The predicted octanol–water partition coefficient (Wildman–Crippen LogP) is 4.01. The molecule has 0 aliphatic carbocycles. The highest BCUT2D eigenvalue weighted by Gasteiger charge is 2.15. The molecule has 92 valence electrons. The lowest BCUT2D eigenvalue weighted by Gasteiger charge is -2.08. The molecule has 0 fully saturated rings. The molecule has 0 bridgehead atoms. The van der Waals surface area contributed by atoms with Crippen molar-refractivity contribution in [3.63, 3.8) is 0 Å². The molecule has 0 radical (unpaired) electrons. The van der Waals surface area contributed by atoms with Crippen molar-refractivity contribution < 1.29 is 5.11 Å². The highest BCUT2D eigenvalue weighted by Crippen LogP contribution is 2.42. The monoisotopic (exact) mass is 250 g/mol. The van der Waals surface area contributed by atoms with Crippen LogP contribution in [0.15, 0.2) is 59.9 Å². The van der Waals surface area contributed by atoms with E-state index in [2.05, 4.69) is 10.2 Å². The Morgan fingerprint density at radius 2 is 1.84 bits per heavy atom. The molecule has 0 saturated carbocycles. The van der Waals surface area contributed by atoms with Gasteiger partial charge in [-0.2, -0.15) is 0 Å². The van der Waals surface area contributed by atoms with Crippen molar-refractivity contribution in [2.45, 2.75) is 0 Å². The third kappa shape index (κ3) is 1.83. The number of nitrogens with zero attached hydrogens (tertiary/aromatic N) is 2. The molecule has 0 atom stereocenters. The van der Waals surface area contributed by atoms with Gasteiger partial charge in [0.25, 0.3) is 0 Å². The van der Waals surface area contributed by atoms with Gasteiger partial charge in [0.05, 0.1) is 5.69 Å². The first-order valence-electron chi connectivity index (χ1n) is 5.80. The first-order chi connectivity index (χ1) is 9.31. The highest BCUT2D eigenvalue weighted by molar-refractivity contribution is 6.00. The molecule has 0 amide bonds. The Labute approximate surface area is 109 Å². The van der Waals surface area contributed by atoms with Crippen LogP contribution in [-0.4, -0.2) is 10.1 Å². The van der Waals surface area contributed by atoms with E-state index in [0.717, 1.165) is 5.39 Å². The zero-order chi connectivity index (χ0) is 13.2. The van der Waals surface area contributed by atoms with E-state index in [-0.39, 0.29) is 11.4 Å². The van der Waals surface area contributed by atoms with Crippen molar-refractivity contribution in [1.29, 1.82) is 0 Å². The van der Waals surface area contributed by atoms with Gasteiger partial charge in [-0.3, -0.25) is 4.98 Å². The second kappa shape index (κ2) is 4.49. The smallest absolute Gasteiger partial charge is 0.158 e. The lowest BCUT2D eigenvalue weighted by atomic mass is 10.0. The number of rotatable bonds is 2. The lowest BCUT2D eigenvalue weighted by molar-refractivity contribution is 0.479. The van der Waals surface area contributed by atoms with Crippen LogP contribution in [0.3, 0.4) is 0 Å². The van der Waals surface area contributed by atoms with Gasteiger partial charge in [-0.15, -0.1) is 4.91 Å². The quantitative estimate of drug-likeness (QED) is 0.699. The summed E-state index contributed by atoms with van der Waals surface area (Å²) in [6.07, 6.45) is 1.64. The summed E-state index contributed by atoms with van der Waals surface area (Å²) in [4.78, 5) is 15.2. The average molecular weight is 250 g/mol. The van der Waals surface area contributed by atoms with Crippen LogP contribution in [0.4, 0.5) is 5.69 Å². The van der Waals surface area contributed by atoms with Gasteiger partial charge in [0.1, 0.15) is 0 Å². The third-order valence-electron chi connectivity index (χ3n) is 3.03. The maximum atomic E-state index is 11.0. The van der Waals surface area contributed by atoms with Crippen molar-refractivity contribution in [2.24, 2.45) is 5.18 Å². The van der Waals surface area contributed by atoms with Crippen LogP contribution in [0.5, 0.6) is 5.75 Å². The van der Waals surface area contributed by atoms with Gasteiger partial charge in [0, 0.05) is 17.1 Å². The van der Waals surface area contributed by atoms with Gasteiger partial charge in [-0.05, 0) is 28.8 Å². The Bertz CT molecular complexity index is 755. The summed E-state index contributed by atoms with van der Waals surface area (Å²) >= 11 is 0. The van der Waals surface area contributed by atoms with E-state index in [1.807, 2.05) is 24.3 Å². The van der Waals surface area contributed by atoms with E-state index in [1.165, 1.54) is 0 Å².